The van der Waals surface area contributed by atoms with Crippen molar-refractivity contribution in [2.45, 2.75) is 0 Å². The van der Waals surface area contributed by atoms with Gasteiger partial charge in [0.2, 0.25) is 5.95 Å². The molecule has 0 saturated heterocycles. The Morgan fingerprint density at radius 2 is 1.87 bits per heavy atom. The molecule has 0 saturated carbocycles. The van der Waals surface area contributed by atoms with Gasteiger partial charge in [0.25, 0.3) is 5.91 Å². The number of nitrogens with two attached hydrogens (primary N) is 1. The first kappa shape index (κ1) is 17.8. The minimum Gasteiger partial charge on any atom is -0.368 e. The summed E-state index contributed by atoms with van der Waals surface area (Å²) in [4.78, 5) is 24.5. The van der Waals surface area contributed by atoms with Gasteiger partial charge >= 0.3 is 0 Å². The summed E-state index contributed by atoms with van der Waals surface area (Å²) in [7, 11) is 0. The van der Waals surface area contributed by atoms with Gasteiger partial charge in [0.05, 0.1) is 22.4 Å². The Morgan fingerprint density at radius 1 is 1.00 bits per heavy atom. The Balaban J connectivity index is 1.55. The average Bonchev–Trinajstić information content (AvgIpc) is 3.23. The first-order valence-electron chi connectivity index (χ1n) is 9.29. The van der Waals surface area contributed by atoms with Gasteiger partial charge in [-0.1, -0.05) is 24.3 Å². The van der Waals surface area contributed by atoms with Crippen molar-refractivity contribution in [3.63, 3.8) is 0 Å². The summed E-state index contributed by atoms with van der Waals surface area (Å²) < 4.78 is 13.8. The number of nitrogens with zero attached hydrogens (tertiary/aromatic N) is 2. The Morgan fingerprint density at radius 3 is 2.77 bits per heavy atom. The second-order valence-corrected chi connectivity index (χ2v) is 6.87. The fourth-order valence-corrected chi connectivity index (χ4v) is 3.53. The van der Waals surface area contributed by atoms with Crippen molar-refractivity contribution >= 4 is 39.3 Å². The molecule has 2 aromatic heterocycles. The molecule has 0 aliphatic rings. The van der Waals surface area contributed by atoms with E-state index in [1.165, 1.54) is 12.1 Å². The molecule has 6 nitrogen and oxygen atoms in total. The molecule has 0 spiro atoms. The van der Waals surface area contributed by atoms with Crippen LogP contribution in [0.25, 0.3) is 33.1 Å². The number of nitrogen functional groups attached to an aromatic ring is 1. The molecule has 3 aromatic carbocycles. The van der Waals surface area contributed by atoms with Gasteiger partial charge in [-0.3, -0.25) is 4.79 Å². The van der Waals surface area contributed by atoms with Crippen LogP contribution < -0.4 is 11.1 Å². The third-order valence-electron chi connectivity index (χ3n) is 4.91. The quantitative estimate of drug-likeness (QED) is 0.409. The summed E-state index contributed by atoms with van der Waals surface area (Å²) in [6, 6.07) is 18.8. The predicted molar refractivity (Wildman–Crippen MR) is 116 cm³/mol. The SMILES string of the molecule is Nc1nc(-c2cccc(C(=O)Nc3cccc4cc[nH]c34)c2)c2cc(F)ccc2n1. The summed E-state index contributed by atoms with van der Waals surface area (Å²) in [5.74, 6) is -0.584. The van der Waals surface area contributed by atoms with Crippen LogP contribution in [0.5, 0.6) is 0 Å². The van der Waals surface area contributed by atoms with Gasteiger partial charge < -0.3 is 16.0 Å². The summed E-state index contributed by atoms with van der Waals surface area (Å²) in [5, 5.41) is 4.47. The maximum atomic E-state index is 13.8. The number of carbonyl (C=O) groups excluding carboxylic acids is 1. The summed E-state index contributed by atoms with van der Waals surface area (Å²) in [5.41, 5.74) is 9.48. The van der Waals surface area contributed by atoms with Crippen molar-refractivity contribution < 1.29 is 9.18 Å². The number of aromatic amines is 1. The highest BCUT2D eigenvalue weighted by molar-refractivity contribution is 6.09. The van der Waals surface area contributed by atoms with Crippen LogP contribution in [-0.2, 0) is 0 Å². The van der Waals surface area contributed by atoms with Gasteiger partial charge in [0.1, 0.15) is 5.82 Å². The lowest BCUT2D eigenvalue weighted by molar-refractivity contribution is 0.102. The van der Waals surface area contributed by atoms with Gasteiger partial charge in [0.15, 0.2) is 0 Å². The van der Waals surface area contributed by atoms with E-state index in [0.29, 0.717) is 33.4 Å². The lowest BCUT2D eigenvalue weighted by Gasteiger charge is -2.10. The first-order chi connectivity index (χ1) is 14.6. The minimum absolute atomic E-state index is 0.0809. The van der Waals surface area contributed by atoms with E-state index < -0.39 is 5.82 Å². The van der Waals surface area contributed by atoms with Crippen molar-refractivity contribution in [2.24, 2.45) is 0 Å². The maximum absolute atomic E-state index is 13.8. The topological polar surface area (TPSA) is 96.7 Å². The average molecular weight is 397 g/mol. The monoisotopic (exact) mass is 397 g/mol. The molecule has 2 heterocycles. The lowest BCUT2D eigenvalue weighted by Crippen LogP contribution is -2.12. The van der Waals surface area contributed by atoms with Crippen LogP contribution in [0, 0.1) is 5.82 Å². The number of H-pyrrole nitrogens is 1. The molecule has 5 rings (SSSR count). The number of nitrogens with one attached hydrogen (secondary N) is 2. The van der Waals surface area contributed by atoms with Crippen LogP contribution in [0.15, 0.2) is 72.9 Å². The fraction of sp³-hybridized carbons (Fsp3) is 0. The number of hydrogen-bond donors (Lipinski definition) is 3. The molecular weight excluding hydrogens is 381 g/mol. The molecule has 0 aliphatic carbocycles. The molecule has 5 aromatic rings. The number of halogens is 1. The maximum Gasteiger partial charge on any atom is 0.255 e. The molecule has 0 radical (unpaired) electrons. The molecule has 0 bridgehead atoms. The van der Waals surface area contributed by atoms with E-state index in [2.05, 4.69) is 20.3 Å². The second kappa shape index (κ2) is 6.97. The number of anilines is 2. The zero-order valence-electron chi connectivity index (χ0n) is 15.7. The third kappa shape index (κ3) is 3.12. The van der Waals surface area contributed by atoms with Gasteiger partial charge in [-0.05, 0) is 42.5 Å². The highest BCUT2D eigenvalue weighted by atomic mass is 19.1. The molecule has 30 heavy (non-hydrogen) atoms. The van der Waals surface area contributed by atoms with Crippen molar-refractivity contribution in [3.8, 4) is 11.3 Å². The molecule has 7 heteroatoms. The number of hydrogen-bond acceptors (Lipinski definition) is 4. The largest absolute Gasteiger partial charge is 0.368 e. The molecule has 4 N–H and O–H groups in total. The zero-order chi connectivity index (χ0) is 20.7. The highest BCUT2D eigenvalue weighted by Gasteiger charge is 2.14. The molecular formula is C23H16FN5O. The first-order valence-corrected chi connectivity index (χ1v) is 9.29. The Kier molecular flexibility index (Phi) is 4.14. The van der Waals surface area contributed by atoms with E-state index in [0.717, 1.165) is 10.9 Å². The smallest absolute Gasteiger partial charge is 0.255 e. The standard InChI is InChI=1S/C23H16FN5O/c24-16-7-8-18-17(12-16)20(29-23(25)28-18)14-4-1-5-15(11-14)22(30)27-19-6-2-3-13-9-10-26-21(13)19/h1-12,26H,(H,27,30)(H2,25,28,29). The summed E-state index contributed by atoms with van der Waals surface area (Å²) >= 11 is 0. The van der Waals surface area contributed by atoms with Gasteiger partial charge in [0, 0.05) is 28.1 Å². The molecule has 0 atom stereocenters. The predicted octanol–water partition coefficient (Wildman–Crippen LogP) is 4.75. The van der Waals surface area contributed by atoms with E-state index in [-0.39, 0.29) is 11.9 Å². The van der Waals surface area contributed by atoms with Gasteiger partial charge in [-0.2, -0.15) is 0 Å². The second-order valence-electron chi connectivity index (χ2n) is 6.87. The number of amides is 1. The van der Waals surface area contributed by atoms with Crippen LogP contribution >= 0.6 is 0 Å². The van der Waals surface area contributed by atoms with Gasteiger partial charge in [-0.25, -0.2) is 14.4 Å². The third-order valence-corrected chi connectivity index (χ3v) is 4.91. The minimum atomic E-state index is -0.398. The van der Waals surface area contributed by atoms with Crippen LogP contribution in [0.3, 0.4) is 0 Å². The number of aromatic nitrogens is 3. The van der Waals surface area contributed by atoms with E-state index in [9.17, 15) is 9.18 Å². The van der Waals surface area contributed by atoms with Crippen LogP contribution in [0.4, 0.5) is 16.0 Å². The summed E-state index contributed by atoms with van der Waals surface area (Å²) in [6.07, 6.45) is 1.82. The summed E-state index contributed by atoms with van der Waals surface area (Å²) in [6.45, 7) is 0. The number of benzene rings is 3. The van der Waals surface area contributed by atoms with E-state index in [1.54, 1.807) is 30.3 Å². The van der Waals surface area contributed by atoms with E-state index >= 15 is 0 Å². The molecule has 0 fully saturated rings. The van der Waals surface area contributed by atoms with Crippen molar-refractivity contribution in [1.82, 2.24) is 15.0 Å². The molecule has 0 unspecified atom stereocenters. The zero-order valence-corrected chi connectivity index (χ0v) is 15.7. The number of para-hydroxylation sites is 1. The lowest BCUT2D eigenvalue weighted by atomic mass is 10.0. The molecule has 1 amide bonds. The molecule has 146 valence electrons. The van der Waals surface area contributed by atoms with Crippen molar-refractivity contribution in [1.29, 1.82) is 0 Å². The number of fused-ring (bicyclic) bond motifs is 2. The van der Waals surface area contributed by atoms with Crippen molar-refractivity contribution in [2.75, 3.05) is 11.1 Å². The normalized spacial score (nSPS) is 11.1. The highest BCUT2D eigenvalue weighted by Crippen LogP contribution is 2.28. The van der Waals surface area contributed by atoms with Crippen LogP contribution in [0.2, 0.25) is 0 Å². The molecule has 0 aliphatic heterocycles. The van der Waals surface area contributed by atoms with Crippen molar-refractivity contribution in [3.05, 3.63) is 84.3 Å². The van der Waals surface area contributed by atoms with E-state index in [4.69, 9.17) is 5.73 Å². The number of carbonyl (C=O) groups is 1. The van der Waals surface area contributed by atoms with Crippen LogP contribution in [0.1, 0.15) is 10.4 Å². The fourth-order valence-electron chi connectivity index (χ4n) is 3.53. The number of rotatable bonds is 3. The Labute approximate surface area is 170 Å². The Hall–Kier alpha value is -4.26. The van der Waals surface area contributed by atoms with Gasteiger partial charge in [-0.15, -0.1) is 0 Å². The van der Waals surface area contributed by atoms with E-state index in [1.807, 2.05) is 30.5 Å². The Bertz CT molecular complexity index is 1430. The van der Waals surface area contributed by atoms with Crippen LogP contribution in [-0.4, -0.2) is 20.9 Å².